The summed E-state index contributed by atoms with van der Waals surface area (Å²) < 4.78 is 3.91. The molecular formula is C8H15N3S. The van der Waals surface area contributed by atoms with Gasteiger partial charge in [0.05, 0.1) is 10.6 Å². The van der Waals surface area contributed by atoms with Gasteiger partial charge in [0, 0.05) is 6.04 Å². The third-order valence-corrected chi connectivity index (χ3v) is 2.75. The predicted molar refractivity (Wildman–Crippen MR) is 51.1 cm³/mol. The molecule has 4 heteroatoms. The van der Waals surface area contributed by atoms with E-state index in [1.807, 2.05) is 0 Å². The van der Waals surface area contributed by atoms with E-state index in [0.717, 1.165) is 25.0 Å². The highest BCUT2D eigenvalue weighted by atomic mass is 32.1. The number of hydrogen-bond acceptors (Lipinski definition) is 4. The monoisotopic (exact) mass is 185 g/mol. The zero-order valence-corrected chi connectivity index (χ0v) is 8.40. The molecule has 68 valence electrons. The van der Waals surface area contributed by atoms with Gasteiger partial charge >= 0.3 is 0 Å². The van der Waals surface area contributed by atoms with Crippen molar-refractivity contribution in [3.63, 3.8) is 0 Å². The van der Waals surface area contributed by atoms with Gasteiger partial charge in [-0.1, -0.05) is 24.8 Å². The van der Waals surface area contributed by atoms with Gasteiger partial charge in [0.15, 0.2) is 0 Å². The molecule has 0 aliphatic rings. The largest absolute Gasteiger partial charge is 0.323 e. The van der Waals surface area contributed by atoms with Gasteiger partial charge < -0.3 is 5.73 Å². The molecule has 1 rings (SSSR count). The molecule has 1 atom stereocenters. The normalized spacial score (nSPS) is 13.2. The van der Waals surface area contributed by atoms with Crippen molar-refractivity contribution in [2.24, 2.45) is 5.73 Å². The minimum absolute atomic E-state index is 0.143. The van der Waals surface area contributed by atoms with Crippen LogP contribution < -0.4 is 5.73 Å². The Labute approximate surface area is 77.2 Å². The molecule has 2 N–H and O–H groups in total. The fraction of sp³-hybridized carbons (Fsp3) is 0.750. The zero-order chi connectivity index (χ0) is 8.97. The molecule has 0 amide bonds. The number of aromatic nitrogens is 2. The van der Waals surface area contributed by atoms with Crippen LogP contribution in [0.4, 0.5) is 0 Å². The van der Waals surface area contributed by atoms with E-state index in [2.05, 4.69) is 23.4 Å². The maximum Gasteiger partial charge on any atom is 0.0800 e. The predicted octanol–water partition coefficient (Wildman–Crippen LogP) is 1.90. The lowest BCUT2D eigenvalue weighted by atomic mass is 10.1. The van der Waals surface area contributed by atoms with Crippen LogP contribution in [0.5, 0.6) is 0 Å². The molecule has 0 fully saturated rings. The van der Waals surface area contributed by atoms with E-state index < -0.39 is 0 Å². The quantitative estimate of drug-likeness (QED) is 0.779. The maximum absolute atomic E-state index is 5.96. The van der Waals surface area contributed by atoms with Crippen molar-refractivity contribution in [1.82, 2.24) is 9.59 Å². The van der Waals surface area contributed by atoms with Crippen LogP contribution in [0.3, 0.4) is 0 Å². The van der Waals surface area contributed by atoms with Crippen LogP contribution in [0.25, 0.3) is 0 Å². The summed E-state index contributed by atoms with van der Waals surface area (Å²) in [6.45, 7) is 4.22. The second-order valence-electron chi connectivity index (χ2n) is 2.83. The molecule has 0 spiro atoms. The molecule has 0 saturated carbocycles. The van der Waals surface area contributed by atoms with Crippen molar-refractivity contribution < 1.29 is 0 Å². The Morgan fingerprint density at radius 2 is 2.25 bits per heavy atom. The van der Waals surface area contributed by atoms with Crippen molar-refractivity contribution in [3.8, 4) is 0 Å². The third kappa shape index (κ3) is 2.01. The molecule has 12 heavy (non-hydrogen) atoms. The van der Waals surface area contributed by atoms with Crippen molar-refractivity contribution in [3.05, 3.63) is 10.6 Å². The molecule has 0 aliphatic heterocycles. The van der Waals surface area contributed by atoms with Crippen molar-refractivity contribution in [2.75, 3.05) is 0 Å². The molecule has 0 saturated heterocycles. The summed E-state index contributed by atoms with van der Waals surface area (Å²) in [5.41, 5.74) is 7.03. The van der Waals surface area contributed by atoms with E-state index in [1.165, 1.54) is 16.4 Å². The number of rotatable bonds is 4. The Kier molecular flexibility index (Phi) is 3.62. The number of nitrogens with zero attached hydrogens (tertiary/aromatic N) is 2. The fourth-order valence-electron chi connectivity index (χ4n) is 1.18. The Bertz CT molecular complexity index is 234. The van der Waals surface area contributed by atoms with Gasteiger partial charge in [-0.25, -0.2) is 0 Å². The van der Waals surface area contributed by atoms with Crippen LogP contribution in [0.1, 0.15) is 43.3 Å². The summed E-state index contributed by atoms with van der Waals surface area (Å²) in [7, 11) is 0. The Morgan fingerprint density at radius 3 is 2.83 bits per heavy atom. The third-order valence-electron chi connectivity index (χ3n) is 1.86. The van der Waals surface area contributed by atoms with Crippen LogP contribution in [-0.2, 0) is 6.42 Å². The molecular weight excluding hydrogens is 170 g/mol. The first-order valence-electron chi connectivity index (χ1n) is 4.36. The Hall–Kier alpha value is -0.480. The van der Waals surface area contributed by atoms with Gasteiger partial charge in [0.2, 0.25) is 0 Å². The summed E-state index contributed by atoms with van der Waals surface area (Å²) in [6, 6.07) is 0.143. The first kappa shape index (κ1) is 9.61. The van der Waals surface area contributed by atoms with Crippen molar-refractivity contribution >= 4 is 11.5 Å². The first-order valence-corrected chi connectivity index (χ1v) is 5.13. The van der Waals surface area contributed by atoms with Gasteiger partial charge in [-0.3, -0.25) is 0 Å². The highest BCUT2D eigenvalue weighted by Crippen LogP contribution is 2.22. The van der Waals surface area contributed by atoms with E-state index in [1.54, 1.807) is 0 Å². The SMILES string of the molecule is CCCC(N)c1snnc1CC. The molecule has 1 aromatic heterocycles. The molecule has 3 nitrogen and oxygen atoms in total. The lowest BCUT2D eigenvalue weighted by Gasteiger charge is -2.07. The Balaban J connectivity index is 2.71. The van der Waals surface area contributed by atoms with Gasteiger partial charge in [-0.2, -0.15) is 0 Å². The topological polar surface area (TPSA) is 51.8 Å². The lowest BCUT2D eigenvalue weighted by molar-refractivity contribution is 0.641. The second kappa shape index (κ2) is 4.52. The number of hydrogen-bond donors (Lipinski definition) is 1. The molecule has 0 radical (unpaired) electrons. The van der Waals surface area contributed by atoms with Crippen LogP contribution in [-0.4, -0.2) is 9.59 Å². The summed E-state index contributed by atoms with van der Waals surface area (Å²) in [5.74, 6) is 0. The Morgan fingerprint density at radius 1 is 1.50 bits per heavy atom. The van der Waals surface area contributed by atoms with Gasteiger partial charge in [0.1, 0.15) is 0 Å². The maximum atomic E-state index is 5.96. The highest BCUT2D eigenvalue weighted by Gasteiger charge is 2.12. The lowest BCUT2D eigenvalue weighted by Crippen LogP contribution is -2.09. The summed E-state index contributed by atoms with van der Waals surface area (Å²) in [6.07, 6.45) is 3.07. The van der Waals surface area contributed by atoms with E-state index in [0.29, 0.717) is 0 Å². The van der Waals surface area contributed by atoms with Crippen molar-refractivity contribution in [2.45, 2.75) is 39.2 Å². The molecule has 0 bridgehead atoms. The van der Waals surface area contributed by atoms with Crippen molar-refractivity contribution in [1.29, 1.82) is 0 Å². The zero-order valence-electron chi connectivity index (χ0n) is 7.58. The summed E-state index contributed by atoms with van der Waals surface area (Å²) >= 11 is 1.44. The van der Waals surface area contributed by atoms with Gasteiger partial charge in [-0.15, -0.1) is 5.10 Å². The number of nitrogens with two attached hydrogens (primary N) is 1. The minimum Gasteiger partial charge on any atom is -0.323 e. The van der Waals surface area contributed by atoms with Gasteiger partial charge in [0.25, 0.3) is 0 Å². The second-order valence-corrected chi connectivity index (χ2v) is 3.62. The summed E-state index contributed by atoms with van der Waals surface area (Å²) in [5, 5.41) is 4.03. The molecule has 0 aromatic carbocycles. The smallest absolute Gasteiger partial charge is 0.0800 e. The van der Waals surface area contributed by atoms with Crippen LogP contribution in [0.15, 0.2) is 0 Å². The molecule has 0 aliphatic carbocycles. The number of aryl methyl sites for hydroxylation is 1. The standard InChI is InChI=1S/C8H15N3S/c1-3-5-6(9)8-7(4-2)10-11-12-8/h6H,3-5,9H2,1-2H3. The van der Waals surface area contributed by atoms with E-state index in [-0.39, 0.29) is 6.04 Å². The van der Waals surface area contributed by atoms with Crippen LogP contribution >= 0.6 is 11.5 Å². The van der Waals surface area contributed by atoms with Crippen LogP contribution in [0, 0.1) is 0 Å². The first-order chi connectivity index (χ1) is 5.79. The molecule has 1 aromatic rings. The summed E-state index contributed by atoms with van der Waals surface area (Å²) in [4.78, 5) is 1.17. The fourth-order valence-corrected chi connectivity index (χ4v) is 1.96. The van der Waals surface area contributed by atoms with E-state index >= 15 is 0 Å². The van der Waals surface area contributed by atoms with Crippen LogP contribution in [0.2, 0.25) is 0 Å². The van der Waals surface area contributed by atoms with E-state index in [9.17, 15) is 0 Å². The van der Waals surface area contributed by atoms with E-state index in [4.69, 9.17) is 5.73 Å². The minimum atomic E-state index is 0.143. The highest BCUT2D eigenvalue weighted by molar-refractivity contribution is 7.05. The average molecular weight is 185 g/mol. The molecule has 1 heterocycles. The van der Waals surface area contributed by atoms with Gasteiger partial charge in [-0.05, 0) is 24.4 Å². The molecule has 1 unspecified atom stereocenters. The average Bonchev–Trinajstić information content (AvgIpc) is 2.51.